The average molecular weight is 311 g/mol. The van der Waals surface area contributed by atoms with Crippen LogP contribution in [0.1, 0.15) is 32.6 Å². The number of amides is 1. The number of unbranched alkanes of at least 4 members (excludes halogenated alkanes) is 1. The summed E-state index contributed by atoms with van der Waals surface area (Å²) in [6, 6.07) is 0. The van der Waals surface area contributed by atoms with Gasteiger partial charge in [-0.2, -0.15) is 13.2 Å². The van der Waals surface area contributed by atoms with Crippen molar-refractivity contribution >= 4 is 12.1 Å². The summed E-state index contributed by atoms with van der Waals surface area (Å²) in [4.78, 5) is 23.3. The zero-order valence-corrected chi connectivity index (χ0v) is 11.9. The van der Waals surface area contributed by atoms with Crippen molar-refractivity contribution in [2.75, 3.05) is 26.3 Å². The summed E-state index contributed by atoms with van der Waals surface area (Å²) in [7, 11) is 0. The quantitative estimate of drug-likeness (QED) is 0.445. The molecule has 1 saturated heterocycles. The molecule has 1 fully saturated rings. The highest BCUT2D eigenvalue weighted by atomic mass is 19.4. The van der Waals surface area contributed by atoms with Crippen LogP contribution >= 0.6 is 0 Å². The van der Waals surface area contributed by atoms with E-state index in [2.05, 4.69) is 4.74 Å². The number of hydrogen-bond donors (Lipinski definition) is 0. The van der Waals surface area contributed by atoms with Crippen LogP contribution in [-0.2, 0) is 14.3 Å². The molecule has 0 N–H and O–H groups in total. The smallest absolute Gasteiger partial charge is 0.381 e. The average Bonchev–Trinajstić information content (AvgIpc) is 2.43. The van der Waals surface area contributed by atoms with Gasteiger partial charge in [-0.3, -0.25) is 0 Å². The Balaban J connectivity index is 2.37. The Hall–Kier alpha value is -1.31. The molecule has 0 saturated carbocycles. The van der Waals surface area contributed by atoms with Crippen molar-refractivity contribution in [2.45, 2.75) is 38.8 Å². The number of piperidine rings is 1. The van der Waals surface area contributed by atoms with Crippen molar-refractivity contribution in [3.05, 3.63) is 0 Å². The molecule has 0 spiro atoms. The van der Waals surface area contributed by atoms with Gasteiger partial charge in [0.25, 0.3) is 0 Å². The van der Waals surface area contributed by atoms with Crippen LogP contribution in [0.25, 0.3) is 0 Å². The fraction of sp³-hybridized carbons (Fsp3) is 0.846. The first kappa shape index (κ1) is 17.7. The highest BCUT2D eigenvalue weighted by molar-refractivity contribution is 5.87. The number of hydrogen-bond acceptors (Lipinski definition) is 4. The molecular weight excluding hydrogens is 291 g/mol. The van der Waals surface area contributed by atoms with Crippen LogP contribution in [0.4, 0.5) is 18.0 Å². The molecule has 8 heteroatoms. The molecule has 1 aliphatic heterocycles. The number of ether oxygens (including phenoxy) is 2. The highest BCUT2D eigenvalue weighted by Gasteiger charge is 2.43. The summed E-state index contributed by atoms with van der Waals surface area (Å²) in [5, 5.41) is 0. The summed E-state index contributed by atoms with van der Waals surface area (Å²) in [6.07, 6.45) is -2.95. The topological polar surface area (TPSA) is 55.8 Å². The number of nitrogens with zero attached hydrogens (tertiary/aromatic N) is 1. The Morgan fingerprint density at radius 1 is 1.33 bits per heavy atom. The molecule has 1 amide bonds. The Morgan fingerprint density at radius 3 is 2.67 bits per heavy atom. The molecule has 0 bridgehead atoms. The maximum atomic E-state index is 12.0. The van der Waals surface area contributed by atoms with Crippen molar-refractivity contribution < 1.29 is 32.2 Å². The second kappa shape index (κ2) is 8.21. The maximum Gasteiger partial charge on any atom is 0.491 e. The SMILES string of the molecule is CCCCOC[C@H]1CCCN(C(=O)OC(=O)C(F)(F)F)C1. The van der Waals surface area contributed by atoms with Crippen molar-refractivity contribution in [3.8, 4) is 0 Å². The van der Waals surface area contributed by atoms with Crippen molar-refractivity contribution in [1.29, 1.82) is 0 Å². The standard InChI is InChI=1S/C13H20F3NO4/c1-2-3-7-20-9-10-5-4-6-17(8-10)12(19)21-11(18)13(14,15)16/h10H,2-9H2,1H3/t10-/m0/s1. The highest BCUT2D eigenvalue weighted by Crippen LogP contribution is 2.20. The minimum absolute atomic E-state index is 0.0594. The summed E-state index contributed by atoms with van der Waals surface area (Å²) in [5.41, 5.74) is 0. The zero-order chi connectivity index (χ0) is 15.9. The second-order valence-corrected chi connectivity index (χ2v) is 5.04. The predicted molar refractivity (Wildman–Crippen MR) is 67.6 cm³/mol. The van der Waals surface area contributed by atoms with Crippen LogP contribution in [0.5, 0.6) is 0 Å². The van der Waals surface area contributed by atoms with E-state index in [0.29, 0.717) is 19.6 Å². The van der Waals surface area contributed by atoms with Gasteiger partial charge in [-0.15, -0.1) is 0 Å². The number of alkyl halides is 3. The summed E-state index contributed by atoms with van der Waals surface area (Å²) < 4.78 is 45.4. The monoisotopic (exact) mass is 311 g/mol. The van der Waals surface area contributed by atoms with Crippen molar-refractivity contribution in [2.24, 2.45) is 5.92 Å². The lowest BCUT2D eigenvalue weighted by atomic mass is 9.99. The van der Waals surface area contributed by atoms with Gasteiger partial charge in [0.1, 0.15) is 0 Å². The van der Waals surface area contributed by atoms with E-state index in [4.69, 9.17) is 4.74 Å². The molecule has 1 heterocycles. The van der Waals surface area contributed by atoms with Crippen LogP contribution < -0.4 is 0 Å². The van der Waals surface area contributed by atoms with Gasteiger partial charge in [-0.25, -0.2) is 9.59 Å². The van der Waals surface area contributed by atoms with Gasteiger partial charge in [0.05, 0.1) is 6.61 Å². The minimum atomic E-state index is -5.16. The van der Waals surface area contributed by atoms with Crippen molar-refractivity contribution in [3.63, 3.8) is 0 Å². The van der Waals surface area contributed by atoms with Crippen LogP contribution in [-0.4, -0.2) is 49.4 Å². The summed E-state index contributed by atoms with van der Waals surface area (Å²) in [5.74, 6) is -2.42. The number of carbonyl (C=O) groups is 2. The van der Waals surface area contributed by atoms with E-state index in [1.807, 2.05) is 6.92 Å². The third kappa shape index (κ3) is 6.33. The third-order valence-electron chi connectivity index (χ3n) is 3.18. The first-order valence-electron chi connectivity index (χ1n) is 7.00. The lowest BCUT2D eigenvalue weighted by molar-refractivity contribution is -0.194. The maximum absolute atomic E-state index is 12.0. The van der Waals surface area contributed by atoms with E-state index < -0.39 is 18.2 Å². The third-order valence-corrected chi connectivity index (χ3v) is 3.18. The predicted octanol–water partition coefficient (Wildman–Crippen LogP) is 2.74. The molecule has 0 aromatic heterocycles. The van der Waals surface area contributed by atoms with E-state index in [-0.39, 0.29) is 19.0 Å². The van der Waals surface area contributed by atoms with Gasteiger partial charge in [-0.05, 0) is 19.3 Å². The molecule has 0 unspecified atom stereocenters. The van der Waals surface area contributed by atoms with Crippen molar-refractivity contribution in [1.82, 2.24) is 4.90 Å². The molecule has 0 aliphatic carbocycles. The van der Waals surface area contributed by atoms with Crippen LogP contribution in [0.3, 0.4) is 0 Å². The van der Waals surface area contributed by atoms with E-state index in [9.17, 15) is 22.8 Å². The lowest BCUT2D eigenvalue weighted by Gasteiger charge is -2.31. The molecule has 122 valence electrons. The zero-order valence-electron chi connectivity index (χ0n) is 11.9. The van der Waals surface area contributed by atoms with Crippen LogP contribution in [0, 0.1) is 5.92 Å². The number of likely N-dealkylation sites (tertiary alicyclic amines) is 1. The van der Waals surface area contributed by atoms with E-state index in [1.54, 1.807) is 0 Å². The molecule has 0 aromatic rings. The molecule has 1 rings (SSSR count). The van der Waals surface area contributed by atoms with Gasteiger partial charge in [0.2, 0.25) is 0 Å². The van der Waals surface area contributed by atoms with Gasteiger partial charge in [0.15, 0.2) is 0 Å². The fourth-order valence-electron chi connectivity index (χ4n) is 2.07. The first-order valence-corrected chi connectivity index (χ1v) is 7.00. The molecule has 1 atom stereocenters. The largest absolute Gasteiger partial charge is 0.491 e. The Morgan fingerprint density at radius 2 is 2.05 bits per heavy atom. The molecular formula is C13H20F3NO4. The Bertz CT molecular complexity index is 360. The normalized spacial score (nSPS) is 19.4. The molecule has 21 heavy (non-hydrogen) atoms. The molecule has 0 radical (unpaired) electrons. The number of carbonyl (C=O) groups excluding carboxylic acids is 2. The molecule has 5 nitrogen and oxygen atoms in total. The first-order chi connectivity index (χ1) is 9.84. The van der Waals surface area contributed by atoms with Gasteiger partial charge in [0, 0.05) is 25.6 Å². The van der Waals surface area contributed by atoms with Gasteiger partial charge >= 0.3 is 18.2 Å². The Labute approximate surface area is 121 Å². The van der Waals surface area contributed by atoms with Crippen LogP contribution in [0.2, 0.25) is 0 Å². The van der Waals surface area contributed by atoms with E-state index >= 15 is 0 Å². The van der Waals surface area contributed by atoms with E-state index in [0.717, 1.165) is 24.2 Å². The summed E-state index contributed by atoms with van der Waals surface area (Å²) >= 11 is 0. The number of esters is 1. The van der Waals surface area contributed by atoms with Gasteiger partial charge in [-0.1, -0.05) is 13.3 Å². The molecule has 0 aromatic carbocycles. The van der Waals surface area contributed by atoms with Gasteiger partial charge < -0.3 is 14.4 Å². The number of rotatable bonds is 5. The Kier molecular flexibility index (Phi) is 6.94. The number of halogens is 3. The lowest BCUT2D eigenvalue weighted by Crippen LogP contribution is -2.43. The minimum Gasteiger partial charge on any atom is -0.381 e. The van der Waals surface area contributed by atoms with Crippen LogP contribution in [0.15, 0.2) is 0 Å². The summed E-state index contributed by atoms with van der Waals surface area (Å²) in [6.45, 7) is 3.66. The fourth-order valence-corrected chi connectivity index (χ4v) is 2.07. The van der Waals surface area contributed by atoms with E-state index in [1.165, 1.54) is 0 Å². The molecule has 1 aliphatic rings. The second-order valence-electron chi connectivity index (χ2n) is 5.04.